The number of anilines is 1. The molecule has 3 heterocycles. The first-order valence-electron chi connectivity index (χ1n) is 9.87. The second-order valence-corrected chi connectivity index (χ2v) is 10.5. The van der Waals surface area contributed by atoms with Gasteiger partial charge >= 0.3 is 0 Å². The highest BCUT2D eigenvalue weighted by atomic mass is 32.2. The summed E-state index contributed by atoms with van der Waals surface area (Å²) in [5, 5.41) is 3.18. The first kappa shape index (κ1) is 21.2. The van der Waals surface area contributed by atoms with Crippen molar-refractivity contribution in [1.29, 1.82) is 0 Å². The Labute approximate surface area is 179 Å². The minimum Gasteiger partial charge on any atom is -0.383 e. The number of aromatic nitrogens is 1. The lowest BCUT2D eigenvalue weighted by Crippen LogP contribution is -2.30. The van der Waals surface area contributed by atoms with Gasteiger partial charge in [0.2, 0.25) is 21.8 Å². The van der Waals surface area contributed by atoms with Gasteiger partial charge in [0.15, 0.2) is 5.13 Å². The molecule has 9 nitrogen and oxygen atoms in total. The number of nitrogens with one attached hydrogen (secondary N) is 1. The highest BCUT2D eigenvalue weighted by molar-refractivity contribution is 7.89. The zero-order valence-corrected chi connectivity index (χ0v) is 18.3. The number of nitrogens with zero attached hydrogens (tertiary/aromatic N) is 3. The second-order valence-electron chi connectivity index (χ2n) is 7.48. The van der Waals surface area contributed by atoms with Crippen LogP contribution in [0.4, 0.5) is 5.13 Å². The fraction of sp³-hybridized carbons (Fsp3) is 0.526. The summed E-state index contributed by atoms with van der Waals surface area (Å²) in [5.74, 6) is -0.757. The number of ether oxygens (including phenoxy) is 1. The Balaban J connectivity index is 1.46. The Hall–Kier alpha value is -2.08. The summed E-state index contributed by atoms with van der Waals surface area (Å²) in [7, 11) is -1.94. The second kappa shape index (κ2) is 8.58. The molecular formula is C19H24N4O5S2. The maximum atomic E-state index is 12.8. The molecule has 2 aliphatic rings. The summed E-state index contributed by atoms with van der Waals surface area (Å²) in [6.07, 6.45) is 1.92. The molecule has 1 aromatic heterocycles. The molecule has 0 radical (unpaired) electrons. The number of carbonyl (C=O) groups is 2. The molecule has 162 valence electrons. The molecule has 1 atom stereocenters. The van der Waals surface area contributed by atoms with E-state index in [-0.39, 0.29) is 23.1 Å². The molecule has 2 fully saturated rings. The van der Waals surface area contributed by atoms with Gasteiger partial charge in [-0.15, -0.1) is 0 Å². The average molecular weight is 453 g/mol. The van der Waals surface area contributed by atoms with E-state index in [2.05, 4.69) is 10.3 Å². The van der Waals surface area contributed by atoms with Gasteiger partial charge < -0.3 is 15.0 Å². The third-order valence-electron chi connectivity index (χ3n) is 5.44. The van der Waals surface area contributed by atoms with Crippen molar-refractivity contribution in [3.63, 3.8) is 0 Å². The van der Waals surface area contributed by atoms with Crippen LogP contribution in [0.15, 0.2) is 23.1 Å². The van der Waals surface area contributed by atoms with Gasteiger partial charge in [-0.3, -0.25) is 9.59 Å². The van der Waals surface area contributed by atoms with Crippen molar-refractivity contribution in [3.8, 4) is 0 Å². The Morgan fingerprint density at radius 1 is 1.33 bits per heavy atom. The van der Waals surface area contributed by atoms with Crippen molar-refractivity contribution in [2.24, 2.45) is 5.92 Å². The van der Waals surface area contributed by atoms with E-state index in [0.717, 1.165) is 12.8 Å². The van der Waals surface area contributed by atoms with Crippen LogP contribution in [0.1, 0.15) is 19.3 Å². The number of rotatable bonds is 7. The number of carbonyl (C=O) groups excluding carboxylic acids is 2. The first-order chi connectivity index (χ1) is 14.4. The SMILES string of the molecule is COCCN1CC(C(=O)Nc2nc3ccc(S(=O)(=O)N4CCCC4)cc3s2)CC1=O. The average Bonchev–Trinajstić information content (AvgIpc) is 3.45. The van der Waals surface area contributed by atoms with Crippen molar-refractivity contribution < 1.29 is 22.7 Å². The van der Waals surface area contributed by atoms with E-state index in [1.807, 2.05) is 0 Å². The van der Waals surface area contributed by atoms with Gasteiger partial charge in [0.05, 0.1) is 27.6 Å². The van der Waals surface area contributed by atoms with Crippen LogP contribution in [0.2, 0.25) is 0 Å². The summed E-state index contributed by atoms with van der Waals surface area (Å²) in [6.45, 7) is 2.35. The van der Waals surface area contributed by atoms with Gasteiger partial charge in [0.25, 0.3) is 0 Å². The molecule has 0 saturated carbocycles. The first-order valence-corrected chi connectivity index (χ1v) is 12.1. The van der Waals surface area contributed by atoms with Gasteiger partial charge in [0, 0.05) is 39.7 Å². The number of hydrogen-bond donors (Lipinski definition) is 1. The van der Waals surface area contributed by atoms with Crippen molar-refractivity contribution in [1.82, 2.24) is 14.2 Å². The van der Waals surface area contributed by atoms with Crippen LogP contribution >= 0.6 is 11.3 Å². The van der Waals surface area contributed by atoms with E-state index in [1.165, 1.54) is 15.6 Å². The summed E-state index contributed by atoms with van der Waals surface area (Å²) in [4.78, 5) is 30.9. The molecular weight excluding hydrogens is 428 g/mol. The molecule has 0 bridgehead atoms. The maximum Gasteiger partial charge on any atom is 0.243 e. The number of likely N-dealkylation sites (tertiary alicyclic amines) is 1. The molecule has 1 unspecified atom stereocenters. The van der Waals surface area contributed by atoms with Crippen LogP contribution < -0.4 is 5.32 Å². The summed E-state index contributed by atoms with van der Waals surface area (Å²) < 4.78 is 32.7. The Bertz CT molecular complexity index is 1060. The number of hydrogen-bond acceptors (Lipinski definition) is 7. The van der Waals surface area contributed by atoms with Gasteiger partial charge in [-0.1, -0.05) is 11.3 Å². The number of amides is 2. The van der Waals surface area contributed by atoms with Gasteiger partial charge in [-0.25, -0.2) is 13.4 Å². The maximum absolute atomic E-state index is 12.8. The number of benzene rings is 1. The van der Waals surface area contributed by atoms with E-state index in [0.29, 0.717) is 48.1 Å². The molecule has 1 N–H and O–H groups in total. The number of fused-ring (bicyclic) bond motifs is 1. The predicted molar refractivity (Wildman–Crippen MR) is 113 cm³/mol. The number of sulfonamides is 1. The fourth-order valence-corrected chi connectivity index (χ4v) is 6.30. The predicted octanol–water partition coefficient (Wildman–Crippen LogP) is 1.51. The Morgan fingerprint density at radius 3 is 2.83 bits per heavy atom. The standard InChI is InChI=1S/C19H24N4O5S2/c1-28-9-8-22-12-13(10-17(22)24)18(25)21-19-20-15-5-4-14(11-16(15)29-19)30(26,27)23-6-2-3-7-23/h4-5,11,13H,2-3,6-10,12H2,1H3,(H,20,21,25). The molecule has 2 saturated heterocycles. The molecule has 11 heteroatoms. The smallest absolute Gasteiger partial charge is 0.243 e. The lowest BCUT2D eigenvalue weighted by atomic mass is 10.1. The zero-order valence-electron chi connectivity index (χ0n) is 16.7. The van der Waals surface area contributed by atoms with E-state index >= 15 is 0 Å². The Morgan fingerprint density at radius 2 is 2.10 bits per heavy atom. The third-order valence-corrected chi connectivity index (χ3v) is 8.27. The lowest BCUT2D eigenvalue weighted by Gasteiger charge is -2.15. The highest BCUT2D eigenvalue weighted by Gasteiger charge is 2.34. The van der Waals surface area contributed by atoms with E-state index < -0.39 is 15.9 Å². The number of methoxy groups -OCH3 is 1. The molecule has 30 heavy (non-hydrogen) atoms. The zero-order chi connectivity index (χ0) is 21.3. The summed E-state index contributed by atoms with van der Waals surface area (Å²) in [6, 6.07) is 4.84. The van der Waals surface area contributed by atoms with Gasteiger partial charge in [-0.2, -0.15) is 4.31 Å². The monoisotopic (exact) mass is 452 g/mol. The van der Waals surface area contributed by atoms with Crippen molar-refractivity contribution in [2.75, 3.05) is 45.2 Å². The van der Waals surface area contributed by atoms with E-state index in [1.54, 1.807) is 30.2 Å². The minimum atomic E-state index is -3.51. The van der Waals surface area contributed by atoms with Crippen molar-refractivity contribution in [2.45, 2.75) is 24.2 Å². The minimum absolute atomic E-state index is 0.0618. The Kier molecular flexibility index (Phi) is 6.05. The molecule has 0 aliphatic carbocycles. The van der Waals surface area contributed by atoms with Crippen LogP contribution in [0.3, 0.4) is 0 Å². The molecule has 2 amide bonds. The van der Waals surface area contributed by atoms with E-state index in [9.17, 15) is 18.0 Å². The van der Waals surface area contributed by atoms with Gasteiger partial charge in [0.1, 0.15) is 0 Å². The molecule has 1 aromatic carbocycles. The summed E-state index contributed by atoms with van der Waals surface area (Å²) in [5.41, 5.74) is 0.625. The quantitative estimate of drug-likeness (QED) is 0.682. The van der Waals surface area contributed by atoms with Crippen LogP contribution in [0, 0.1) is 5.92 Å². The largest absolute Gasteiger partial charge is 0.383 e. The third kappa shape index (κ3) is 4.20. The van der Waals surface area contributed by atoms with E-state index in [4.69, 9.17) is 4.74 Å². The summed E-state index contributed by atoms with van der Waals surface area (Å²) >= 11 is 1.23. The van der Waals surface area contributed by atoms with Crippen LogP contribution in [0.5, 0.6) is 0 Å². The normalized spacial score (nSPS) is 20.4. The fourth-order valence-electron chi connectivity index (χ4n) is 3.77. The molecule has 2 aromatic rings. The lowest BCUT2D eigenvalue weighted by molar-refractivity contribution is -0.128. The molecule has 4 rings (SSSR count). The number of thiazole rings is 1. The highest BCUT2D eigenvalue weighted by Crippen LogP contribution is 2.31. The molecule has 0 spiro atoms. The van der Waals surface area contributed by atoms with Gasteiger partial charge in [-0.05, 0) is 31.0 Å². The van der Waals surface area contributed by atoms with Crippen molar-refractivity contribution >= 4 is 48.5 Å². The van der Waals surface area contributed by atoms with Crippen LogP contribution in [-0.2, 0) is 24.3 Å². The van der Waals surface area contributed by atoms with Crippen LogP contribution in [-0.4, -0.2) is 74.3 Å². The van der Waals surface area contributed by atoms with Crippen LogP contribution in [0.25, 0.3) is 10.2 Å². The van der Waals surface area contributed by atoms with Crippen molar-refractivity contribution in [3.05, 3.63) is 18.2 Å². The topological polar surface area (TPSA) is 109 Å². The molecule has 2 aliphatic heterocycles.